The Hall–Kier alpha value is -2.41. The normalized spacial score (nSPS) is 18.5. The van der Waals surface area contributed by atoms with E-state index in [0.717, 1.165) is 11.1 Å². The molecule has 1 aliphatic heterocycles. The number of benzene rings is 1. The smallest absolute Gasteiger partial charge is 0.306 e. The van der Waals surface area contributed by atoms with E-state index in [1.54, 1.807) is 4.90 Å². The molecule has 2 unspecified atom stereocenters. The Bertz CT molecular complexity index is 629. The number of ether oxygens (including phenoxy) is 1. The van der Waals surface area contributed by atoms with Crippen LogP contribution >= 0.6 is 0 Å². The van der Waals surface area contributed by atoms with Gasteiger partial charge in [0.25, 0.3) is 0 Å². The van der Waals surface area contributed by atoms with Gasteiger partial charge in [0.1, 0.15) is 0 Å². The van der Waals surface area contributed by atoms with Gasteiger partial charge in [0, 0.05) is 20.0 Å². The number of hydrogen-bond acceptors (Lipinski definition) is 4. The summed E-state index contributed by atoms with van der Waals surface area (Å²) in [6, 6.07) is 7.26. The number of nitrogens with zero attached hydrogens (tertiary/aromatic N) is 1. The summed E-state index contributed by atoms with van der Waals surface area (Å²) in [6.45, 7) is 4.39. The highest BCUT2D eigenvalue weighted by Crippen LogP contribution is 2.20. The molecule has 1 aliphatic rings. The molecule has 2 N–H and O–H groups in total. The van der Waals surface area contributed by atoms with Gasteiger partial charge in [0.05, 0.1) is 31.6 Å². The first-order valence-electron chi connectivity index (χ1n) is 8.30. The lowest BCUT2D eigenvalue weighted by molar-refractivity contribution is -0.148. The molecule has 0 aliphatic carbocycles. The summed E-state index contributed by atoms with van der Waals surface area (Å²) in [6.07, 6.45) is -0.493. The van der Waals surface area contributed by atoms with E-state index in [-0.39, 0.29) is 31.2 Å². The minimum Gasteiger partial charge on any atom is -0.481 e. The molecule has 1 aromatic rings. The molecule has 7 heteroatoms. The number of carboxylic acids is 1. The van der Waals surface area contributed by atoms with Crippen molar-refractivity contribution in [2.75, 3.05) is 19.7 Å². The van der Waals surface area contributed by atoms with Crippen molar-refractivity contribution in [1.29, 1.82) is 0 Å². The second-order valence-electron chi connectivity index (χ2n) is 6.30. The van der Waals surface area contributed by atoms with Crippen LogP contribution in [0.3, 0.4) is 0 Å². The van der Waals surface area contributed by atoms with Crippen LogP contribution in [0.15, 0.2) is 24.3 Å². The molecule has 25 heavy (non-hydrogen) atoms. The van der Waals surface area contributed by atoms with Crippen molar-refractivity contribution in [2.24, 2.45) is 0 Å². The van der Waals surface area contributed by atoms with E-state index in [4.69, 9.17) is 9.84 Å². The minimum atomic E-state index is -0.949. The van der Waals surface area contributed by atoms with Gasteiger partial charge in [-0.25, -0.2) is 0 Å². The van der Waals surface area contributed by atoms with Gasteiger partial charge in [-0.3, -0.25) is 14.4 Å². The number of morpholine rings is 1. The molecule has 1 heterocycles. The molecule has 0 spiro atoms. The van der Waals surface area contributed by atoms with Gasteiger partial charge in [0.2, 0.25) is 11.8 Å². The van der Waals surface area contributed by atoms with Crippen LogP contribution in [-0.2, 0) is 19.1 Å². The van der Waals surface area contributed by atoms with Crippen LogP contribution in [-0.4, -0.2) is 53.6 Å². The molecular formula is C18H24N2O5. The lowest BCUT2D eigenvalue weighted by Crippen LogP contribution is -2.47. The molecule has 0 saturated carbocycles. The first-order chi connectivity index (χ1) is 11.8. The number of aryl methyl sites for hydroxylation is 1. The zero-order valence-corrected chi connectivity index (χ0v) is 14.5. The van der Waals surface area contributed by atoms with Crippen LogP contribution in [0.25, 0.3) is 0 Å². The predicted molar refractivity (Wildman–Crippen MR) is 90.9 cm³/mol. The van der Waals surface area contributed by atoms with Crippen molar-refractivity contribution in [1.82, 2.24) is 10.2 Å². The van der Waals surface area contributed by atoms with Gasteiger partial charge in [-0.15, -0.1) is 0 Å². The Morgan fingerprint density at radius 1 is 1.32 bits per heavy atom. The van der Waals surface area contributed by atoms with Gasteiger partial charge in [-0.05, 0) is 12.5 Å². The number of carbonyl (C=O) groups is 3. The molecule has 1 aromatic carbocycles. The summed E-state index contributed by atoms with van der Waals surface area (Å²) in [4.78, 5) is 36.6. The van der Waals surface area contributed by atoms with E-state index in [2.05, 4.69) is 5.32 Å². The number of rotatable bonds is 6. The zero-order valence-electron chi connectivity index (χ0n) is 14.5. The molecule has 2 amide bonds. The maximum Gasteiger partial charge on any atom is 0.306 e. The molecule has 0 aromatic heterocycles. The lowest BCUT2D eigenvalue weighted by atomic mass is 10.0. The second kappa shape index (κ2) is 8.62. The highest BCUT2D eigenvalue weighted by atomic mass is 16.5. The molecule has 2 rings (SSSR count). The van der Waals surface area contributed by atoms with Gasteiger partial charge in [0.15, 0.2) is 0 Å². The Kier molecular flexibility index (Phi) is 6.52. The van der Waals surface area contributed by atoms with Crippen LogP contribution in [0, 0.1) is 6.92 Å². The highest BCUT2D eigenvalue weighted by molar-refractivity contribution is 5.79. The quantitative estimate of drug-likeness (QED) is 0.807. The predicted octanol–water partition coefficient (Wildman–Crippen LogP) is 1.26. The van der Waals surface area contributed by atoms with Gasteiger partial charge < -0.3 is 20.1 Å². The number of carbonyl (C=O) groups excluding carboxylic acids is 2. The van der Waals surface area contributed by atoms with E-state index in [1.807, 2.05) is 31.2 Å². The molecule has 1 saturated heterocycles. The fourth-order valence-electron chi connectivity index (χ4n) is 2.86. The standard InChI is InChI=1S/C18H24N2O5/c1-12-3-5-14(6-4-12)16(19-13(2)21)10-17(22)20-7-8-25-15(11-20)9-18(23)24/h3-6,15-16H,7-11H2,1-2H3,(H,19,21)(H,23,24). The average Bonchev–Trinajstić information content (AvgIpc) is 2.54. The summed E-state index contributed by atoms with van der Waals surface area (Å²) < 4.78 is 5.39. The maximum atomic E-state index is 12.6. The molecule has 136 valence electrons. The van der Waals surface area contributed by atoms with E-state index < -0.39 is 18.1 Å². The molecule has 2 atom stereocenters. The largest absolute Gasteiger partial charge is 0.481 e. The summed E-state index contributed by atoms with van der Waals surface area (Å²) in [5.74, 6) is -1.28. The summed E-state index contributed by atoms with van der Waals surface area (Å²) in [5, 5.41) is 11.7. The fourth-order valence-corrected chi connectivity index (χ4v) is 2.86. The van der Waals surface area contributed by atoms with Gasteiger partial charge in [-0.1, -0.05) is 29.8 Å². The van der Waals surface area contributed by atoms with Crippen molar-refractivity contribution in [2.45, 2.75) is 38.8 Å². The van der Waals surface area contributed by atoms with Gasteiger partial charge >= 0.3 is 5.97 Å². The topological polar surface area (TPSA) is 95.9 Å². The van der Waals surface area contributed by atoms with Crippen molar-refractivity contribution >= 4 is 17.8 Å². The first kappa shape index (κ1) is 18.9. The van der Waals surface area contributed by atoms with E-state index in [9.17, 15) is 14.4 Å². The van der Waals surface area contributed by atoms with Crippen LogP contribution in [0.1, 0.15) is 36.9 Å². The van der Waals surface area contributed by atoms with Crippen LogP contribution in [0.2, 0.25) is 0 Å². The highest BCUT2D eigenvalue weighted by Gasteiger charge is 2.28. The van der Waals surface area contributed by atoms with Crippen molar-refractivity contribution in [3.63, 3.8) is 0 Å². The number of aliphatic carboxylic acids is 1. The Morgan fingerprint density at radius 2 is 2.00 bits per heavy atom. The van der Waals surface area contributed by atoms with Gasteiger partial charge in [-0.2, -0.15) is 0 Å². The van der Waals surface area contributed by atoms with Crippen molar-refractivity contribution < 1.29 is 24.2 Å². The third kappa shape index (κ3) is 5.86. The summed E-state index contributed by atoms with van der Waals surface area (Å²) >= 11 is 0. The number of amides is 2. The third-order valence-electron chi connectivity index (χ3n) is 4.13. The van der Waals surface area contributed by atoms with Crippen LogP contribution in [0.5, 0.6) is 0 Å². The lowest BCUT2D eigenvalue weighted by Gasteiger charge is -2.33. The molecule has 0 bridgehead atoms. The van der Waals surface area contributed by atoms with E-state index >= 15 is 0 Å². The van der Waals surface area contributed by atoms with Crippen LogP contribution < -0.4 is 5.32 Å². The van der Waals surface area contributed by atoms with Crippen LogP contribution in [0.4, 0.5) is 0 Å². The Balaban J connectivity index is 2.04. The third-order valence-corrected chi connectivity index (χ3v) is 4.13. The SMILES string of the molecule is CC(=O)NC(CC(=O)N1CCOC(CC(=O)O)C1)c1ccc(C)cc1. The van der Waals surface area contributed by atoms with Crippen molar-refractivity contribution in [3.8, 4) is 0 Å². The molecule has 7 nitrogen and oxygen atoms in total. The van der Waals surface area contributed by atoms with E-state index in [0.29, 0.717) is 13.2 Å². The monoisotopic (exact) mass is 348 g/mol. The molecule has 1 fully saturated rings. The fraction of sp³-hybridized carbons (Fsp3) is 0.500. The molecule has 0 radical (unpaired) electrons. The number of nitrogens with one attached hydrogen (secondary N) is 1. The maximum absolute atomic E-state index is 12.6. The Labute approximate surface area is 147 Å². The van der Waals surface area contributed by atoms with Crippen molar-refractivity contribution in [3.05, 3.63) is 35.4 Å². The summed E-state index contributed by atoms with van der Waals surface area (Å²) in [5.41, 5.74) is 1.96. The first-order valence-corrected chi connectivity index (χ1v) is 8.30. The van der Waals surface area contributed by atoms with E-state index in [1.165, 1.54) is 6.92 Å². The Morgan fingerprint density at radius 3 is 2.60 bits per heavy atom. The molecular weight excluding hydrogens is 324 g/mol. The minimum absolute atomic E-state index is 0.127. The summed E-state index contributed by atoms with van der Waals surface area (Å²) in [7, 11) is 0. The second-order valence-corrected chi connectivity index (χ2v) is 6.30. The zero-order chi connectivity index (χ0) is 18.4. The number of carboxylic acid groups (broad SMARTS) is 1. The number of hydrogen-bond donors (Lipinski definition) is 2. The average molecular weight is 348 g/mol.